The summed E-state index contributed by atoms with van der Waals surface area (Å²) in [5, 5.41) is 2.70. The molecule has 0 bridgehead atoms. The first-order valence-electron chi connectivity index (χ1n) is 6.92. The number of rotatable bonds is 3. The summed E-state index contributed by atoms with van der Waals surface area (Å²) in [6.45, 7) is 0.687. The van der Waals surface area contributed by atoms with Gasteiger partial charge in [0.2, 0.25) is 5.88 Å². The average Bonchev–Trinajstić information content (AvgIpc) is 2.68. The van der Waals surface area contributed by atoms with Gasteiger partial charge < -0.3 is 19.7 Å². The number of pyridine rings is 1. The SMILES string of the molecule is COc1cc([C@H](C)NC(=O)N2CCOCC(F)(F)C2)ccn1. The van der Waals surface area contributed by atoms with Gasteiger partial charge in [-0.25, -0.2) is 18.6 Å². The maximum atomic E-state index is 13.5. The second-order valence-electron chi connectivity index (χ2n) is 5.13. The normalized spacial score (nSPS) is 19.2. The molecule has 2 amide bonds. The largest absolute Gasteiger partial charge is 0.481 e. The Bertz CT molecular complexity index is 528. The summed E-state index contributed by atoms with van der Waals surface area (Å²) in [5.41, 5.74) is 0.776. The third-order valence-electron chi connectivity index (χ3n) is 3.34. The van der Waals surface area contributed by atoms with E-state index in [0.29, 0.717) is 5.88 Å². The van der Waals surface area contributed by atoms with E-state index < -0.39 is 25.1 Å². The van der Waals surface area contributed by atoms with Crippen LogP contribution < -0.4 is 10.1 Å². The van der Waals surface area contributed by atoms with Gasteiger partial charge in [0.05, 0.1) is 26.3 Å². The highest BCUT2D eigenvalue weighted by atomic mass is 19.3. The second kappa shape index (κ2) is 6.87. The third kappa shape index (κ3) is 4.27. The van der Waals surface area contributed by atoms with Gasteiger partial charge in [-0.15, -0.1) is 0 Å². The zero-order valence-electron chi connectivity index (χ0n) is 12.5. The number of amides is 2. The maximum absolute atomic E-state index is 13.5. The highest BCUT2D eigenvalue weighted by Crippen LogP contribution is 2.20. The highest BCUT2D eigenvalue weighted by molar-refractivity contribution is 5.74. The zero-order valence-corrected chi connectivity index (χ0v) is 12.5. The molecule has 2 rings (SSSR count). The number of carbonyl (C=O) groups excluding carboxylic acids is 1. The van der Waals surface area contributed by atoms with Crippen molar-refractivity contribution in [3.63, 3.8) is 0 Å². The van der Waals surface area contributed by atoms with Gasteiger partial charge in [0, 0.05) is 18.8 Å². The summed E-state index contributed by atoms with van der Waals surface area (Å²) in [7, 11) is 1.49. The molecule has 1 N–H and O–H groups in total. The molecule has 1 aromatic rings. The van der Waals surface area contributed by atoms with Crippen LogP contribution in [0.15, 0.2) is 18.3 Å². The molecule has 0 aliphatic carbocycles. The minimum Gasteiger partial charge on any atom is -0.481 e. The third-order valence-corrected chi connectivity index (χ3v) is 3.34. The fraction of sp³-hybridized carbons (Fsp3) is 0.571. The monoisotopic (exact) mass is 315 g/mol. The summed E-state index contributed by atoms with van der Waals surface area (Å²) in [6.07, 6.45) is 1.56. The molecule has 1 saturated heterocycles. The molecule has 1 aliphatic heterocycles. The molecule has 1 fully saturated rings. The van der Waals surface area contributed by atoms with Crippen molar-refractivity contribution < 1.29 is 23.0 Å². The Hall–Kier alpha value is -1.96. The minimum absolute atomic E-state index is 0.0977. The average molecular weight is 315 g/mol. The minimum atomic E-state index is -3.03. The summed E-state index contributed by atoms with van der Waals surface area (Å²) < 4.78 is 36.8. The Morgan fingerprint density at radius 2 is 2.36 bits per heavy atom. The molecule has 0 unspecified atom stereocenters. The van der Waals surface area contributed by atoms with Crippen LogP contribution in [0.3, 0.4) is 0 Å². The summed E-state index contributed by atoms with van der Waals surface area (Å²) in [5.74, 6) is -2.61. The molecule has 1 aromatic heterocycles. The topological polar surface area (TPSA) is 63.7 Å². The predicted octanol–water partition coefficient (Wildman–Crippen LogP) is 1.83. The van der Waals surface area contributed by atoms with Crippen LogP contribution in [-0.2, 0) is 4.74 Å². The molecular weight excluding hydrogens is 296 g/mol. The number of aromatic nitrogens is 1. The fourth-order valence-corrected chi connectivity index (χ4v) is 2.14. The lowest BCUT2D eigenvalue weighted by Crippen LogP contribution is -2.46. The molecule has 8 heteroatoms. The summed E-state index contributed by atoms with van der Waals surface area (Å²) >= 11 is 0. The van der Waals surface area contributed by atoms with Crippen LogP contribution in [0.4, 0.5) is 13.6 Å². The van der Waals surface area contributed by atoms with E-state index in [0.717, 1.165) is 10.5 Å². The summed E-state index contributed by atoms with van der Waals surface area (Å²) in [6, 6.07) is 2.51. The zero-order chi connectivity index (χ0) is 16.2. The molecule has 6 nitrogen and oxygen atoms in total. The van der Waals surface area contributed by atoms with Crippen molar-refractivity contribution in [1.29, 1.82) is 0 Å². The standard InChI is InChI=1S/C14H19F2N3O3/c1-10(11-3-4-17-12(7-11)21-2)18-13(20)19-5-6-22-9-14(15,16)8-19/h3-4,7,10H,5-6,8-9H2,1-2H3,(H,18,20)/t10-/m0/s1. The molecule has 0 spiro atoms. The molecule has 0 aromatic carbocycles. The lowest BCUT2D eigenvalue weighted by Gasteiger charge is -2.25. The smallest absolute Gasteiger partial charge is 0.318 e. The first-order chi connectivity index (χ1) is 10.4. The Labute approximate surface area is 127 Å². The van der Waals surface area contributed by atoms with Crippen molar-refractivity contribution in [2.75, 3.05) is 33.4 Å². The lowest BCUT2D eigenvalue weighted by molar-refractivity contribution is -0.0652. The van der Waals surface area contributed by atoms with Gasteiger partial charge in [-0.2, -0.15) is 0 Å². The van der Waals surface area contributed by atoms with Crippen LogP contribution >= 0.6 is 0 Å². The van der Waals surface area contributed by atoms with Crippen molar-refractivity contribution in [3.05, 3.63) is 23.9 Å². The molecule has 1 atom stereocenters. The van der Waals surface area contributed by atoms with Crippen molar-refractivity contribution in [2.45, 2.75) is 18.9 Å². The second-order valence-corrected chi connectivity index (χ2v) is 5.13. The van der Waals surface area contributed by atoms with E-state index in [2.05, 4.69) is 10.3 Å². The molecular formula is C14H19F2N3O3. The molecule has 122 valence electrons. The van der Waals surface area contributed by atoms with Gasteiger partial charge in [-0.3, -0.25) is 0 Å². The maximum Gasteiger partial charge on any atom is 0.318 e. The number of ether oxygens (including phenoxy) is 2. The van der Waals surface area contributed by atoms with Crippen LogP contribution in [0, 0.1) is 0 Å². The number of halogens is 2. The summed E-state index contributed by atoms with van der Waals surface area (Å²) in [4.78, 5) is 17.2. The molecule has 0 radical (unpaired) electrons. The van der Waals surface area contributed by atoms with Crippen molar-refractivity contribution in [2.24, 2.45) is 0 Å². The number of nitrogens with zero attached hydrogens (tertiary/aromatic N) is 2. The molecule has 2 heterocycles. The van der Waals surface area contributed by atoms with Gasteiger partial charge >= 0.3 is 6.03 Å². The number of alkyl halides is 2. The number of nitrogens with one attached hydrogen (secondary N) is 1. The van der Waals surface area contributed by atoms with Crippen LogP contribution in [0.5, 0.6) is 5.88 Å². The van der Waals surface area contributed by atoms with Crippen molar-refractivity contribution >= 4 is 6.03 Å². The number of hydrogen-bond donors (Lipinski definition) is 1. The number of methoxy groups -OCH3 is 1. The van der Waals surface area contributed by atoms with Crippen LogP contribution in [0.25, 0.3) is 0 Å². The van der Waals surface area contributed by atoms with Crippen LogP contribution in [-0.4, -0.2) is 55.3 Å². The van der Waals surface area contributed by atoms with Gasteiger partial charge in [0.1, 0.15) is 6.61 Å². The van der Waals surface area contributed by atoms with Crippen molar-refractivity contribution in [1.82, 2.24) is 15.2 Å². The first-order valence-corrected chi connectivity index (χ1v) is 6.92. The van der Waals surface area contributed by atoms with Gasteiger partial charge in [-0.1, -0.05) is 0 Å². The predicted molar refractivity (Wildman–Crippen MR) is 75.1 cm³/mol. The fourth-order valence-electron chi connectivity index (χ4n) is 2.14. The Balaban J connectivity index is 2.00. The molecule has 22 heavy (non-hydrogen) atoms. The van der Waals surface area contributed by atoms with Gasteiger partial charge in [0.15, 0.2) is 0 Å². The molecule has 1 aliphatic rings. The lowest BCUT2D eigenvalue weighted by atomic mass is 10.1. The first kappa shape index (κ1) is 16.4. The Morgan fingerprint density at radius 1 is 1.59 bits per heavy atom. The van der Waals surface area contributed by atoms with E-state index in [1.807, 2.05) is 0 Å². The molecule has 0 saturated carbocycles. The van der Waals surface area contributed by atoms with Crippen LogP contribution in [0.1, 0.15) is 18.5 Å². The van der Waals surface area contributed by atoms with E-state index >= 15 is 0 Å². The van der Waals surface area contributed by atoms with Crippen molar-refractivity contribution in [3.8, 4) is 5.88 Å². The number of urea groups is 1. The number of carbonyl (C=O) groups is 1. The number of hydrogen-bond acceptors (Lipinski definition) is 4. The van der Waals surface area contributed by atoms with E-state index in [1.165, 1.54) is 7.11 Å². The van der Waals surface area contributed by atoms with Gasteiger partial charge in [-0.05, 0) is 18.6 Å². The van der Waals surface area contributed by atoms with E-state index in [-0.39, 0.29) is 19.2 Å². The Kier molecular flexibility index (Phi) is 5.12. The van der Waals surface area contributed by atoms with Gasteiger partial charge in [0.25, 0.3) is 5.92 Å². The highest BCUT2D eigenvalue weighted by Gasteiger charge is 2.36. The van der Waals surface area contributed by atoms with E-state index in [4.69, 9.17) is 9.47 Å². The quantitative estimate of drug-likeness (QED) is 0.924. The Morgan fingerprint density at radius 3 is 3.09 bits per heavy atom. The van der Waals surface area contributed by atoms with Crippen LogP contribution in [0.2, 0.25) is 0 Å². The van der Waals surface area contributed by atoms with E-state index in [1.54, 1.807) is 25.3 Å². The van der Waals surface area contributed by atoms with E-state index in [9.17, 15) is 13.6 Å².